The summed E-state index contributed by atoms with van der Waals surface area (Å²) in [6.07, 6.45) is 4.55. The highest BCUT2D eigenvalue weighted by Gasteiger charge is 2.42. The van der Waals surface area contributed by atoms with E-state index in [9.17, 15) is 5.11 Å². The highest BCUT2D eigenvalue weighted by atomic mass is 16.3. The van der Waals surface area contributed by atoms with Gasteiger partial charge in [0.05, 0.1) is 18.1 Å². The molecule has 1 saturated carbocycles. The summed E-state index contributed by atoms with van der Waals surface area (Å²) in [5.41, 5.74) is 3.95. The van der Waals surface area contributed by atoms with Crippen molar-refractivity contribution >= 4 is 0 Å². The number of aliphatic hydroxyl groups excluding tert-OH is 1. The normalized spacial score (nSPS) is 18.8. The molecule has 2 unspecified atom stereocenters. The minimum absolute atomic E-state index is 0.154. The van der Waals surface area contributed by atoms with E-state index in [0.717, 1.165) is 12.1 Å². The second kappa shape index (κ2) is 6.77. The lowest BCUT2D eigenvalue weighted by Gasteiger charge is -2.37. The molecular weight excluding hydrogens is 344 g/mol. The third-order valence-electron chi connectivity index (χ3n) is 5.70. The van der Waals surface area contributed by atoms with Crippen LogP contribution in [0.2, 0.25) is 0 Å². The number of rotatable bonds is 5. The molecule has 1 aliphatic carbocycles. The van der Waals surface area contributed by atoms with Gasteiger partial charge in [-0.2, -0.15) is 0 Å². The van der Waals surface area contributed by atoms with Crippen LogP contribution in [0, 0.1) is 0 Å². The third-order valence-corrected chi connectivity index (χ3v) is 5.70. The number of aromatic nitrogens is 2. The van der Waals surface area contributed by atoms with Crippen molar-refractivity contribution in [1.29, 1.82) is 0 Å². The zero-order valence-electron chi connectivity index (χ0n) is 15.5. The van der Waals surface area contributed by atoms with Gasteiger partial charge in [0.1, 0.15) is 5.54 Å². The lowest BCUT2D eigenvalue weighted by molar-refractivity contribution is 0.271. The van der Waals surface area contributed by atoms with Gasteiger partial charge in [-0.15, -0.1) is 0 Å². The van der Waals surface area contributed by atoms with Gasteiger partial charge in [0.2, 0.25) is 0 Å². The minimum atomic E-state index is -0.533. The SMILES string of the molecule is OC1CC1c1cn(C(c2ccccc2)(c2ccccc2)c2ccccc2)cn1. The van der Waals surface area contributed by atoms with Crippen LogP contribution in [0.3, 0.4) is 0 Å². The Morgan fingerprint density at radius 1 is 0.750 bits per heavy atom. The Morgan fingerprint density at radius 2 is 1.18 bits per heavy atom. The molecule has 0 amide bonds. The zero-order valence-corrected chi connectivity index (χ0v) is 15.5. The van der Waals surface area contributed by atoms with E-state index in [-0.39, 0.29) is 12.0 Å². The van der Waals surface area contributed by atoms with Gasteiger partial charge in [0.15, 0.2) is 0 Å². The Morgan fingerprint density at radius 3 is 1.57 bits per heavy atom. The van der Waals surface area contributed by atoms with Crippen molar-refractivity contribution in [2.24, 2.45) is 0 Å². The van der Waals surface area contributed by atoms with E-state index in [2.05, 4.69) is 88.5 Å². The predicted molar refractivity (Wildman–Crippen MR) is 110 cm³/mol. The maximum Gasteiger partial charge on any atom is 0.121 e. The molecule has 0 radical (unpaired) electrons. The Hall–Kier alpha value is -3.17. The van der Waals surface area contributed by atoms with Crippen molar-refractivity contribution in [3.63, 3.8) is 0 Å². The summed E-state index contributed by atoms with van der Waals surface area (Å²) in [5, 5.41) is 9.89. The molecule has 3 heteroatoms. The van der Waals surface area contributed by atoms with E-state index >= 15 is 0 Å². The standard InChI is InChI=1S/C25H22N2O/c28-24-16-22(24)23-17-27(18-26-23)25(19-10-4-1-5-11-19,20-12-6-2-7-13-20)21-14-8-3-9-15-21/h1-15,17-18,22,24,28H,16H2. The molecule has 1 aliphatic rings. The van der Waals surface area contributed by atoms with Crippen LogP contribution in [-0.4, -0.2) is 20.8 Å². The van der Waals surface area contributed by atoms with Crippen LogP contribution in [0.25, 0.3) is 0 Å². The molecule has 138 valence electrons. The molecule has 4 aromatic rings. The maximum absolute atomic E-state index is 9.89. The predicted octanol–water partition coefficient (Wildman–Crippen LogP) is 4.57. The summed E-state index contributed by atoms with van der Waals surface area (Å²) in [4.78, 5) is 4.67. The molecule has 1 aromatic heterocycles. The topological polar surface area (TPSA) is 38.0 Å². The Labute approximate surface area is 164 Å². The molecule has 0 saturated heterocycles. The quantitative estimate of drug-likeness (QED) is 0.525. The first-order valence-corrected chi connectivity index (χ1v) is 9.69. The summed E-state index contributed by atoms with van der Waals surface area (Å²) in [5.74, 6) is 0.154. The number of benzene rings is 3. The average molecular weight is 366 g/mol. The average Bonchev–Trinajstić information content (AvgIpc) is 3.29. The number of hydrogen-bond donors (Lipinski definition) is 1. The van der Waals surface area contributed by atoms with E-state index in [0.29, 0.717) is 0 Å². The molecule has 3 nitrogen and oxygen atoms in total. The first-order chi connectivity index (χ1) is 13.8. The number of imidazole rings is 1. The summed E-state index contributed by atoms with van der Waals surface area (Å²) in [6, 6.07) is 31.7. The summed E-state index contributed by atoms with van der Waals surface area (Å²) >= 11 is 0. The van der Waals surface area contributed by atoms with Gasteiger partial charge < -0.3 is 9.67 Å². The van der Waals surface area contributed by atoms with Crippen LogP contribution in [0.5, 0.6) is 0 Å². The van der Waals surface area contributed by atoms with Gasteiger partial charge in [-0.25, -0.2) is 4.98 Å². The monoisotopic (exact) mass is 366 g/mol. The molecule has 5 rings (SSSR count). The van der Waals surface area contributed by atoms with Gasteiger partial charge >= 0.3 is 0 Å². The van der Waals surface area contributed by atoms with Crippen molar-refractivity contribution in [1.82, 2.24) is 9.55 Å². The zero-order chi connectivity index (χ0) is 19.0. The van der Waals surface area contributed by atoms with Gasteiger partial charge in [-0.1, -0.05) is 91.0 Å². The van der Waals surface area contributed by atoms with Crippen LogP contribution in [0.1, 0.15) is 34.7 Å². The summed E-state index contributed by atoms with van der Waals surface area (Å²) in [7, 11) is 0. The molecule has 1 heterocycles. The Kier molecular flexibility index (Phi) is 4.10. The van der Waals surface area contributed by atoms with Gasteiger partial charge in [-0.3, -0.25) is 0 Å². The fourth-order valence-corrected chi connectivity index (χ4v) is 4.20. The second-order valence-corrected chi connectivity index (χ2v) is 7.42. The Bertz CT molecular complexity index is 961. The van der Waals surface area contributed by atoms with E-state index in [4.69, 9.17) is 0 Å². The number of nitrogens with zero attached hydrogens (tertiary/aromatic N) is 2. The molecule has 3 aromatic carbocycles. The van der Waals surface area contributed by atoms with Crippen LogP contribution in [-0.2, 0) is 5.54 Å². The molecule has 0 aliphatic heterocycles. The Balaban J connectivity index is 1.81. The smallest absolute Gasteiger partial charge is 0.121 e. The van der Waals surface area contributed by atoms with Crippen LogP contribution in [0.4, 0.5) is 0 Å². The molecule has 0 bridgehead atoms. The molecule has 1 N–H and O–H groups in total. The highest BCUT2D eigenvalue weighted by Crippen LogP contribution is 2.44. The van der Waals surface area contributed by atoms with Crippen LogP contribution < -0.4 is 0 Å². The van der Waals surface area contributed by atoms with E-state index in [1.807, 2.05) is 24.5 Å². The molecule has 28 heavy (non-hydrogen) atoms. The summed E-state index contributed by atoms with van der Waals surface area (Å²) in [6.45, 7) is 0. The maximum atomic E-state index is 9.89. The fraction of sp³-hybridized carbons (Fsp3) is 0.160. The lowest BCUT2D eigenvalue weighted by Crippen LogP contribution is -2.36. The lowest BCUT2D eigenvalue weighted by atomic mass is 9.77. The molecule has 1 fully saturated rings. The molecule has 2 atom stereocenters. The number of aliphatic hydroxyl groups is 1. The third kappa shape index (κ3) is 2.67. The fourth-order valence-electron chi connectivity index (χ4n) is 4.20. The van der Waals surface area contributed by atoms with E-state index in [1.165, 1.54) is 16.7 Å². The largest absolute Gasteiger partial charge is 0.392 e. The van der Waals surface area contributed by atoms with Gasteiger partial charge in [-0.05, 0) is 23.1 Å². The van der Waals surface area contributed by atoms with Crippen molar-refractivity contribution in [3.8, 4) is 0 Å². The van der Waals surface area contributed by atoms with Crippen molar-refractivity contribution < 1.29 is 5.11 Å². The molecular formula is C25H22N2O. The van der Waals surface area contributed by atoms with Crippen LogP contribution in [0.15, 0.2) is 104 Å². The van der Waals surface area contributed by atoms with E-state index in [1.54, 1.807) is 0 Å². The van der Waals surface area contributed by atoms with Gasteiger partial charge in [0, 0.05) is 12.1 Å². The highest BCUT2D eigenvalue weighted by molar-refractivity contribution is 5.50. The first-order valence-electron chi connectivity index (χ1n) is 9.69. The van der Waals surface area contributed by atoms with Crippen molar-refractivity contribution in [2.75, 3.05) is 0 Å². The van der Waals surface area contributed by atoms with Gasteiger partial charge in [0.25, 0.3) is 0 Å². The number of hydrogen-bond acceptors (Lipinski definition) is 2. The second-order valence-electron chi connectivity index (χ2n) is 7.42. The van der Waals surface area contributed by atoms with E-state index < -0.39 is 5.54 Å². The molecule has 0 spiro atoms. The minimum Gasteiger partial charge on any atom is -0.392 e. The van der Waals surface area contributed by atoms with Crippen molar-refractivity contribution in [2.45, 2.75) is 24.0 Å². The first kappa shape index (κ1) is 17.0. The van der Waals surface area contributed by atoms with Crippen LogP contribution >= 0.6 is 0 Å². The van der Waals surface area contributed by atoms with Crippen molar-refractivity contribution in [3.05, 3.63) is 126 Å². The summed E-state index contributed by atoms with van der Waals surface area (Å²) < 4.78 is 2.20.